The van der Waals surface area contributed by atoms with Crippen molar-refractivity contribution < 1.29 is 4.74 Å². The van der Waals surface area contributed by atoms with Crippen LogP contribution in [0.25, 0.3) is 0 Å². The van der Waals surface area contributed by atoms with Crippen molar-refractivity contribution in [3.8, 4) is 0 Å². The van der Waals surface area contributed by atoms with Crippen molar-refractivity contribution in [1.82, 2.24) is 19.8 Å². The van der Waals surface area contributed by atoms with Crippen LogP contribution in [-0.4, -0.2) is 98.4 Å². The smallest absolute Gasteiger partial charge is 0.227 e. The average Bonchev–Trinajstić information content (AvgIpc) is 2.67. The van der Waals surface area contributed by atoms with Gasteiger partial charge in [-0.25, -0.2) is 4.98 Å². The van der Waals surface area contributed by atoms with Gasteiger partial charge >= 0.3 is 0 Å². The van der Waals surface area contributed by atoms with E-state index in [1.807, 2.05) is 0 Å². The van der Waals surface area contributed by atoms with Crippen LogP contribution in [0.5, 0.6) is 0 Å². The molecule has 0 unspecified atom stereocenters. The van der Waals surface area contributed by atoms with Gasteiger partial charge in [-0.1, -0.05) is 6.92 Å². The summed E-state index contributed by atoms with van der Waals surface area (Å²) in [5, 5.41) is 0. The summed E-state index contributed by atoms with van der Waals surface area (Å²) in [5.74, 6) is 1.97. The number of hydrogen-bond acceptors (Lipinski definition) is 7. The van der Waals surface area contributed by atoms with Crippen molar-refractivity contribution in [3.63, 3.8) is 0 Å². The van der Waals surface area contributed by atoms with E-state index >= 15 is 0 Å². The zero-order chi connectivity index (χ0) is 17.2. The third kappa shape index (κ3) is 3.73. The van der Waals surface area contributed by atoms with Gasteiger partial charge in [-0.2, -0.15) is 4.98 Å². The fraction of sp³-hybridized carbons (Fsp3) is 0.778. The summed E-state index contributed by atoms with van der Waals surface area (Å²) in [7, 11) is 2.23. The molecule has 138 valence electrons. The predicted molar refractivity (Wildman–Crippen MR) is 99.5 cm³/mol. The van der Waals surface area contributed by atoms with Crippen molar-refractivity contribution in [2.24, 2.45) is 0 Å². The van der Waals surface area contributed by atoms with E-state index in [1.54, 1.807) is 0 Å². The first kappa shape index (κ1) is 17.0. The monoisotopic (exact) mass is 346 g/mol. The normalized spacial score (nSPS) is 25.9. The topological polar surface area (TPSA) is 48.0 Å². The van der Waals surface area contributed by atoms with Gasteiger partial charge in [0.15, 0.2) is 0 Å². The van der Waals surface area contributed by atoms with E-state index in [-0.39, 0.29) is 0 Å². The summed E-state index contributed by atoms with van der Waals surface area (Å²) in [5.41, 5.74) is 1.13. The predicted octanol–water partition coefficient (Wildman–Crippen LogP) is 0.312. The Bertz CT molecular complexity index is 591. The molecule has 0 spiro atoms. The SMILES string of the molecule is CCc1cc(N2CCN3CCN(C)C[C@@H]3C2)nc(N2CCOCC2)n1. The molecule has 3 fully saturated rings. The fourth-order valence-electron chi connectivity index (χ4n) is 4.04. The van der Waals surface area contributed by atoms with E-state index in [9.17, 15) is 0 Å². The molecular weight excluding hydrogens is 316 g/mol. The van der Waals surface area contributed by atoms with Crippen LogP contribution in [0.4, 0.5) is 11.8 Å². The molecule has 0 radical (unpaired) electrons. The third-order valence-corrected chi connectivity index (χ3v) is 5.63. The lowest BCUT2D eigenvalue weighted by atomic mass is 10.1. The molecule has 0 bridgehead atoms. The minimum absolute atomic E-state index is 0.611. The number of hydrogen-bond donors (Lipinski definition) is 0. The number of rotatable bonds is 3. The molecule has 3 saturated heterocycles. The number of ether oxygens (including phenoxy) is 1. The van der Waals surface area contributed by atoms with Gasteiger partial charge in [0, 0.05) is 70.2 Å². The Hall–Kier alpha value is -1.44. The number of piperazine rings is 2. The third-order valence-electron chi connectivity index (χ3n) is 5.63. The van der Waals surface area contributed by atoms with E-state index < -0.39 is 0 Å². The number of fused-ring (bicyclic) bond motifs is 1. The Labute approximate surface area is 150 Å². The van der Waals surface area contributed by atoms with E-state index in [1.165, 1.54) is 13.1 Å². The summed E-state index contributed by atoms with van der Waals surface area (Å²) >= 11 is 0. The van der Waals surface area contributed by atoms with Gasteiger partial charge in [-0.05, 0) is 13.5 Å². The van der Waals surface area contributed by atoms with Gasteiger partial charge in [-0.15, -0.1) is 0 Å². The number of nitrogens with zero attached hydrogens (tertiary/aromatic N) is 6. The first-order chi connectivity index (χ1) is 12.2. The highest BCUT2D eigenvalue weighted by Crippen LogP contribution is 2.23. The van der Waals surface area contributed by atoms with E-state index in [0.717, 1.165) is 76.4 Å². The zero-order valence-electron chi connectivity index (χ0n) is 15.5. The van der Waals surface area contributed by atoms with Crippen molar-refractivity contribution in [1.29, 1.82) is 0 Å². The quantitative estimate of drug-likeness (QED) is 0.781. The molecule has 7 heteroatoms. The van der Waals surface area contributed by atoms with Gasteiger partial charge in [0.05, 0.1) is 13.2 Å². The van der Waals surface area contributed by atoms with Crippen LogP contribution in [0, 0.1) is 0 Å². The lowest BCUT2D eigenvalue weighted by molar-refractivity contribution is 0.0804. The van der Waals surface area contributed by atoms with Gasteiger partial charge in [0.2, 0.25) is 5.95 Å². The van der Waals surface area contributed by atoms with Crippen molar-refractivity contribution in [2.45, 2.75) is 19.4 Å². The fourth-order valence-corrected chi connectivity index (χ4v) is 4.04. The maximum atomic E-state index is 5.48. The Morgan fingerprint density at radius 1 is 1.00 bits per heavy atom. The second-order valence-electron chi connectivity index (χ2n) is 7.37. The van der Waals surface area contributed by atoms with Crippen molar-refractivity contribution >= 4 is 11.8 Å². The molecular formula is C18H30N6O. The van der Waals surface area contributed by atoms with Crippen LogP contribution in [0.15, 0.2) is 6.07 Å². The minimum atomic E-state index is 0.611. The molecule has 1 aromatic rings. The molecule has 0 saturated carbocycles. The molecule has 1 atom stereocenters. The lowest BCUT2D eigenvalue weighted by Gasteiger charge is -2.47. The number of aryl methyl sites for hydroxylation is 1. The van der Waals surface area contributed by atoms with Gasteiger partial charge in [-0.3, -0.25) is 4.90 Å². The van der Waals surface area contributed by atoms with Gasteiger partial charge < -0.3 is 19.4 Å². The summed E-state index contributed by atoms with van der Waals surface area (Å²) < 4.78 is 5.48. The number of anilines is 2. The highest BCUT2D eigenvalue weighted by Gasteiger charge is 2.31. The number of aromatic nitrogens is 2. The van der Waals surface area contributed by atoms with Crippen LogP contribution in [-0.2, 0) is 11.2 Å². The Balaban J connectivity index is 1.54. The molecule has 3 aliphatic heterocycles. The van der Waals surface area contributed by atoms with E-state index in [2.05, 4.69) is 39.6 Å². The molecule has 25 heavy (non-hydrogen) atoms. The minimum Gasteiger partial charge on any atom is -0.378 e. The largest absolute Gasteiger partial charge is 0.378 e. The number of likely N-dealkylation sites (N-methyl/N-ethyl adjacent to an activating group) is 1. The highest BCUT2D eigenvalue weighted by atomic mass is 16.5. The second-order valence-corrected chi connectivity index (χ2v) is 7.37. The summed E-state index contributed by atoms with van der Waals surface area (Å²) in [6.07, 6.45) is 0.943. The van der Waals surface area contributed by atoms with Crippen LogP contribution in [0.1, 0.15) is 12.6 Å². The molecule has 4 rings (SSSR count). The molecule has 0 amide bonds. The Morgan fingerprint density at radius 2 is 1.80 bits per heavy atom. The molecule has 3 aliphatic rings. The molecule has 0 aromatic carbocycles. The maximum absolute atomic E-state index is 5.48. The molecule has 0 aliphatic carbocycles. The van der Waals surface area contributed by atoms with Crippen molar-refractivity contribution in [3.05, 3.63) is 11.8 Å². The van der Waals surface area contributed by atoms with Gasteiger partial charge in [0.25, 0.3) is 0 Å². The van der Waals surface area contributed by atoms with E-state index in [0.29, 0.717) is 6.04 Å². The second kappa shape index (κ2) is 7.43. The molecule has 0 N–H and O–H groups in total. The van der Waals surface area contributed by atoms with Crippen molar-refractivity contribution in [2.75, 3.05) is 82.4 Å². The highest BCUT2D eigenvalue weighted by molar-refractivity contribution is 5.47. The Kier molecular flexibility index (Phi) is 5.05. The van der Waals surface area contributed by atoms with Crippen LogP contribution >= 0.6 is 0 Å². The number of morpholine rings is 1. The zero-order valence-corrected chi connectivity index (χ0v) is 15.5. The summed E-state index contributed by atoms with van der Waals surface area (Å²) in [6, 6.07) is 2.80. The van der Waals surface area contributed by atoms with Crippen LogP contribution in [0.2, 0.25) is 0 Å². The molecule has 7 nitrogen and oxygen atoms in total. The molecule has 1 aromatic heterocycles. The first-order valence-electron chi connectivity index (χ1n) is 9.61. The standard InChI is InChI=1S/C18H30N6O/c1-3-15-12-17(20-18(19-15)23-8-10-25-11-9-23)24-7-6-22-5-4-21(2)13-16(22)14-24/h12,16H,3-11,13-14H2,1-2H3/t16-/m1/s1. The summed E-state index contributed by atoms with van der Waals surface area (Å²) in [6.45, 7) is 12.3. The molecule has 4 heterocycles. The first-order valence-corrected chi connectivity index (χ1v) is 9.61. The summed E-state index contributed by atoms with van der Waals surface area (Å²) in [4.78, 5) is 19.5. The Morgan fingerprint density at radius 3 is 2.60 bits per heavy atom. The van der Waals surface area contributed by atoms with E-state index in [4.69, 9.17) is 14.7 Å². The average molecular weight is 346 g/mol. The van der Waals surface area contributed by atoms with Gasteiger partial charge in [0.1, 0.15) is 5.82 Å². The van der Waals surface area contributed by atoms with Crippen LogP contribution < -0.4 is 9.80 Å². The maximum Gasteiger partial charge on any atom is 0.227 e. The lowest BCUT2D eigenvalue weighted by Crippen LogP contribution is -2.61. The van der Waals surface area contributed by atoms with Crippen LogP contribution in [0.3, 0.4) is 0 Å².